The first-order valence-corrected chi connectivity index (χ1v) is 11.1. The van der Waals surface area contributed by atoms with Crippen molar-refractivity contribution in [1.29, 1.82) is 0 Å². The fourth-order valence-electron chi connectivity index (χ4n) is 6.66. The zero-order chi connectivity index (χ0) is 27.2. The van der Waals surface area contributed by atoms with Crippen LogP contribution >= 0.6 is 0 Å². The third-order valence-electron chi connectivity index (χ3n) is 8.57. The van der Waals surface area contributed by atoms with Crippen LogP contribution in [0.25, 0.3) is 0 Å². The Kier molecular flexibility index (Phi) is 6.08. The highest BCUT2D eigenvalue weighted by atomic mass is 19.2. The summed E-state index contributed by atoms with van der Waals surface area (Å²) >= 11 is 0. The third-order valence-corrected chi connectivity index (χ3v) is 8.57. The van der Waals surface area contributed by atoms with Crippen molar-refractivity contribution in [2.45, 2.75) is 39.4 Å². The van der Waals surface area contributed by atoms with Gasteiger partial charge in [-0.15, -0.1) is 5.82 Å². The standard InChI is InChI=1S/C24H21BF10N/c1-23(2)8-6-7-24(23,3)22(36(4)5)9(8)25(10-12(26)16(30)20(34)17(31)13(10)27)11-14(28)18(32)21(35)19(33)15(11)29/h8-9H,6-7H2,1-5H3/t8-,9+,24+/m1/s1. The van der Waals surface area contributed by atoms with Gasteiger partial charge in [0.2, 0.25) is 0 Å². The summed E-state index contributed by atoms with van der Waals surface area (Å²) in [6.07, 6.45) is 0.850. The highest BCUT2D eigenvalue weighted by Gasteiger charge is 2.66. The van der Waals surface area contributed by atoms with Gasteiger partial charge in [-0.1, -0.05) is 26.2 Å². The molecule has 0 N–H and O–H groups in total. The van der Waals surface area contributed by atoms with Crippen molar-refractivity contribution in [3.05, 3.63) is 58.2 Å². The molecule has 2 aromatic carbocycles. The van der Waals surface area contributed by atoms with E-state index in [1.165, 1.54) is 18.7 Å². The van der Waals surface area contributed by atoms with Gasteiger partial charge < -0.3 is 0 Å². The molecule has 2 bridgehead atoms. The first-order valence-electron chi connectivity index (χ1n) is 11.1. The minimum Gasteiger partial charge on any atom is -0.245 e. The predicted molar refractivity (Wildman–Crippen MR) is 113 cm³/mol. The number of nitrogens with zero attached hydrogens (tertiary/aromatic N) is 1. The van der Waals surface area contributed by atoms with Crippen molar-refractivity contribution in [3.8, 4) is 0 Å². The molecular formula is C24H21BF10N. The largest absolute Gasteiger partial charge is 0.245 e. The lowest BCUT2D eigenvalue weighted by Crippen LogP contribution is -2.57. The van der Waals surface area contributed by atoms with Gasteiger partial charge in [0, 0.05) is 5.41 Å². The Morgan fingerprint density at radius 1 is 0.611 bits per heavy atom. The van der Waals surface area contributed by atoms with Crippen LogP contribution in [0, 0.1) is 74.9 Å². The summed E-state index contributed by atoms with van der Waals surface area (Å²) in [5.41, 5.74) is -4.43. The summed E-state index contributed by atoms with van der Waals surface area (Å²) in [5, 5.41) is 0. The maximum absolute atomic E-state index is 15.1. The smallest absolute Gasteiger partial charge is 0.200 e. The van der Waals surface area contributed by atoms with Gasteiger partial charge in [0.05, 0.1) is 0 Å². The molecule has 2 aliphatic rings. The quantitative estimate of drug-likeness (QED) is 0.170. The number of rotatable bonds is 3. The van der Waals surface area contributed by atoms with E-state index in [2.05, 4.69) is 0 Å². The molecule has 2 saturated carbocycles. The van der Waals surface area contributed by atoms with Crippen LogP contribution in [0.2, 0.25) is 5.82 Å². The lowest BCUT2D eigenvalue weighted by molar-refractivity contribution is -0.470. The summed E-state index contributed by atoms with van der Waals surface area (Å²) < 4.78 is 147. The molecule has 36 heavy (non-hydrogen) atoms. The first kappa shape index (κ1) is 26.5. The minimum absolute atomic E-state index is 0.326. The summed E-state index contributed by atoms with van der Waals surface area (Å²) in [4.78, 5) is 0. The van der Waals surface area contributed by atoms with Crippen molar-refractivity contribution >= 4 is 23.4 Å². The van der Waals surface area contributed by atoms with E-state index in [1.807, 2.05) is 0 Å². The van der Waals surface area contributed by atoms with Crippen LogP contribution in [0.5, 0.6) is 0 Å². The molecule has 0 saturated heterocycles. The van der Waals surface area contributed by atoms with Gasteiger partial charge in [-0.3, -0.25) is 0 Å². The average Bonchev–Trinajstić information content (AvgIpc) is 3.15. The van der Waals surface area contributed by atoms with Crippen LogP contribution in [0.15, 0.2) is 0 Å². The highest BCUT2D eigenvalue weighted by molar-refractivity contribution is 6.89. The molecule has 3 atom stereocenters. The molecule has 2 aromatic rings. The Hall–Kier alpha value is -2.53. The van der Waals surface area contributed by atoms with E-state index in [4.69, 9.17) is 0 Å². The molecule has 12 heteroatoms. The van der Waals surface area contributed by atoms with E-state index < -0.39 is 98.4 Å². The van der Waals surface area contributed by atoms with Crippen LogP contribution in [-0.2, 0) is 0 Å². The summed E-state index contributed by atoms with van der Waals surface area (Å²) in [5.74, 6) is -26.2. The van der Waals surface area contributed by atoms with Crippen molar-refractivity contribution < 1.29 is 48.5 Å². The van der Waals surface area contributed by atoms with Crippen molar-refractivity contribution in [2.75, 3.05) is 14.1 Å². The van der Waals surface area contributed by atoms with Gasteiger partial charge in [-0.25, -0.2) is 48.5 Å². The maximum atomic E-state index is 15.1. The molecule has 0 heterocycles. The van der Waals surface area contributed by atoms with E-state index in [9.17, 15) is 26.3 Å². The lowest BCUT2D eigenvalue weighted by Gasteiger charge is -2.42. The zero-order valence-corrected chi connectivity index (χ0v) is 19.9. The lowest BCUT2D eigenvalue weighted by atomic mass is 9.30. The van der Waals surface area contributed by atoms with Crippen LogP contribution in [-0.4, -0.2) is 31.1 Å². The second kappa shape index (κ2) is 8.24. The molecule has 0 spiro atoms. The molecule has 0 aromatic heterocycles. The van der Waals surface area contributed by atoms with E-state index in [0.717, 1.165) is 0 Å². The van der Waals surface area contributed by atoms with E-state index >= 15 is 17.6 Å². The molecule has 2 fully saturated rings. The van der Waals surface area contributed by atoms with Crippen LogP contribution < -0.4 is 10.9 Å². The van der Waals surface area contributed by atoms with Gasteiger partial charge in [0.1, 0.15) is 43.1 Å². The molecular weight excluding hydrogens is 503 g/mol. The highest BCUT2D eigenvalue weighted by Crippen LogP contribution is 2.68. The molecule has 1 nitrogen and oxygen atoms in total. The molecule has 0 amide bonds. The van der Waals surface area contributed by atoms with E-state index in [1.54, 1.807) is 20.8 Å². The van der Waals surface area contributed by atoms with Crippen LogP contribution in [0.4, 0.5) is 43.9 Å². The second-order valence-electron chi connectivity index (χ2n) is 10.4. The molecule has 195 valence electrons. The normalized spacial score (nSPS) is 24.8. The Labute approximate surface area is 200 Å². The SMILES string of the molecule is C[N+](C)=C1[C@@H]([B-](c2c(F)c(F)c(F)c(F)c2F)c2c(F)c(F)c(F)c(F)c2F)[C@H]2CC[C@]1(C)C2(C)C. The van der Waals surface area contributed by atoms with Crippen molar-refractivity contribution in [1.82, 2.24) is 0 Å². The zero-order valence-electron chi connectivity index (χ0n) is 19.9. The van der Waals surface area contributed by atoms with Crippen LogP contribution in [0.3, 0.4) is 0 Å². The molecule has 4 rings (SSSR count). The number of benzene rings is 2. The van der Waals surface area contributed by atoms with Crippen molar-refractivity contribution in [3.63, 3.8) is 0 Å². The van der Waals surface area contributed by atoms with Gasteiger partial charge >= 0.3 is 0 Å². The monoisotopic (exact) mass is 524 g/mol. The molecule has 1 radical (unpaired) electrons. The molecule has 0 unspecified atom stereocenters. The van der Waals surface area contributed by atoms with Crippen molar-refractivity contribution in [2.24, 2.45) is 16.7 Å². The Morgan fingerprint density at radius 3 is 1.28 bits per heavy atom. The molecule has 2 aliphatic carbocycles. The second-order valence-corrected chi connectivity index (χ2v) is 10.4. The Morgan fingerprint density at radius 2 is 0.944 bits per heavy atom. The van der Waals surface area contributed by atoms with Gasteiger partial charge in [-0.2, -0.15) is 10.9 Å². The fraction of sp³-hybridized carbons (Fsp3) is 0.458. The maximum Gasteiger partial charge on any atom is 0.200 e. The average molecular weight is 524 g/mol. The summed E-state index contributed by atoms with van der Waals surface area (Å²) in [7, 11) is 3.05. The number of hydrogen-bond donors (Lipinski definition) is 0. The summed E-state index contributed by atoms with van der Waals surface area (Å²) in [6, 6.07) is 0. The van der Waals surface area contributed by atoms with Gasteiger partial charge in [-0.05, 0) is 25.5 Å². The minimum atomic E-state index is -2.51. The fourth-order valence-corrected chi connectivity index (χ4v) is 6.66. The molecule has 0 aliphatic heterocycles. The van der Waals surface area contributed by atoms with E-state index in [0.29, 0.717) is 18.6 Å². The Bertz CT molecular complexity index is 1210. The van der Waals surface area contributed by atoms with Gasteiger partial charge in [0.15, 0.2) is 34.9 Å². The third kappa shape index (κ3) is 3.14. The number of halogens is 10. The van der Waals surface area contributed by atoms with Crippen LogP contribution in [0.1, 0.15) is 33.6 Å². The summed E-state index contributed by atoms with van der Waals surface area (Å²) in [6.45, 7) is 2.93. The topological polar surface area (TPSA) is 3.01 Å². The predicted octanol–water partition coefficient (Wildman–Crippen LogP) is 5.23. The first-order chi connectivity index (χ1) is 16.5. The number of fused-ring (bicyclic) bond motifs is 2. The van der Waals surface area contributed by atoms with Gasteiger partial charge in [0.25, 0.3) is 0 Å². The Balaban J connectivity index is 2.20. The number of hydrogen-bond acceptors (Lipinski definition) is 0. The van der Waals surface area contributed by atoms with E-state index in [-0.39, 0.29) is 0 Å².